The summed E-state index contributed by atoms with van der Waals surface area (Å²) in [4.78, 5) is 10.6. The number of phenols is 1. The molecule has 1 rings (SSSR count). The predicted molar refractivity (Wildman–Crippen MR) is 50.2 cm³/mol. The number of carboxylic acid groups (broad SMARTS) is 1. The normalized spacial score (nSPS) is 12.1. The lowest BCUT2D eigenvalue weighted by molar-refractivity contribution is 0.0693. The van der Waals surface area contributed by atoms with E-state index in [1.807, 2.05) is 0 Å². The van der Waals surface area contributed by atoms with Crippen LogP contribution in [0.2, 0.25) is 0 Å². The molecule has 3 N–H and O–H groups in total. The van der Waals surface area contributed by atoms with Crippen molar-refractivity contribution in [3.63, 3.8) is 0 Å². The fourth-order valence-electron chi connectivity index (χ4n) is 1.10. The van der Waals surface area contributed by atoms with Gasteiger partial charge in [-0.05, 0) is 6.07 Å². The molecule has 0 bridgehead atoms. The molecule has 0 saturated heterocycles. The first-order valence-electron chi connectivity index (χ1n) is 3.93. The van der Waals surface area contributed by atoms with Crippen molar-refractivity contribution in [2.24, 2.45) is 0 Å². The molecule has 0 aliphatic carbocycles. The van der Waals surface area contributed by atoms with Crippen LogP contribution in [-0.2, 0) is 0 Å². The lowest BCUT2D eigenvalue weighted by atomic mass is 10.0. The van der Waals surface area contributed by atoms with E-state index in [0.29, 0.717) is 0 Å². The van der Waals surface area contributed by atoms with Gasteiger partial charge >= 0.3 is 5.97 Å². The van der Waals surface area contributed by atoms with Crippen molar-refractivity contribution in [3.05, 3.63) is 42.0 Å². The van der Waals surface area contributed by atoms with Gasteiger partial charge in [-0.25, -0.2) is 4.79 Å². The molecule has 4 nitrogen and oxygen atoms in total. The Morgan fingerprint density at radius 3 is 2.64 bits per heavy atom. The minimum atomic E-state index is -1.24. The molecule has 1 aromatic carbocycles. The SMILES string of the molecule is C=CC(O)c1cccc(C(=O)O)c1O. The highest BCUT2D eigenvalue weighted by Crippen LogP contribution is 2.28. The van der Waals surface area contributed by atoms with Crippen LogP contribution in [0.1, 0.15) is 22.0 Å². The lowest BCUT2D eigenvalue weighted by Crippen LogP contribution is -2.01. The summed E-state index contributed by atoms with van der Waals surface area (Å²) in [5, 5.41) is 27.5. The molecule has 0 saturated carbocycles. The van der Waals surface area contributed by atoms with Gasteiger partial charge in [-0.15, -0.1) is 6.58 Å². The maximum atomic E-state index is 10.6. The fraction of sp³-hybridized carbons (Fsp3) is 0.100. The quantitative estimate of drug-likeness (QED) is 0.634. The van der Waals surface area contributed by atoms with Crippen molar-refractivity contribution in [1.29, 1.82) is 0 Å². The molecular weight excluding hydrogens is 184 g/mol. The number of carbonyl (C=O) groups is 1. The average Bonchev–Trinajstić information content (AvgIpc) is 2.16. The van der Waals surface area contributed by atoms with E-state index in [4.69, 9.17) is 5.11 Å². The predicted octanol–water partition coefficient (Wildman–Crippen LogP) is 1.31. The first kappa shape index (κ1) is 10.3. The summed E-state index contributed by atoms with van der Waals surface area (Å²) in [6, 6.07) is 4.15. The van der Waals surface area contributed by atoms with Gasteiger partial charge in [0.25, 0.3) is 0 Å². The molecule has 1 aromatic rings. The molecule has 74 valence electrons. The number of para-hydroxylation sites is 1. The Morgan fingerprint density at radius 1 is 1.50 bits per heavy atom. The summed E-state index contributed by atoms with van der Waals surface area (Å²) in [6.07, 6.45) is 0.148. The minimum Gasteiger partial charge on any atom is -0.507 e. The number of hydrogen-bond acceptors (Lipinski definition) is 3. The van der Waals surface area contributed by atoms with Crippen LogP contribution in [0, 0.1) is 0 Å². The molecule has 0 amide bonds. The van der Waals surface area contributed by atoms with Crippen LogP contribution in [0.15, 0.2) is 30.9 Å². The van der Waals surface area contributed by atoms with Gasteiger partial charge in [-0.1, -0.05) is 18.2 Å². The van der Waals surface area contributed by atoms with E-state index in [0.717, 1.165) is 0 Å². The highest BCUT2D eigenvalue weighted by molar-refractivity contribution is 5.91. The Hall–Kier alpha value is -1.81. The average molecular weight is 194 g/mol. The second-order valence-corrected chi connectivity index (χ2v) is 2.73. The smallest absolute Gasteiger partial charge is 0.339 e. The van der Waals surface area contributed by atoms with Crippen LogP contribution >= 0.6 is 0 Å². The van der Waals surface area contributed by atoms with Gasteiger partial charge in [0.15, 0.2) is 0 Å². The van der Waals surface area contributed by atoms with Crippen molar-refractivity contribution >= 4 is 5.97 Å². The summed E-state index contributed by atoms with van der Waals surface area (Å²) in [5.74, 6) is -1.66. The summed E-state index contributed by atoms with van der Waals surface area (Å²) in [7, 11) is 0. The third-order valence-corrected chi connectivity index (χ3v) is 1.84. The first-order valence-corrected chi connectivity index (χ1v) is 3.93. The molecule has 14 heavy (non-hydrogen) atoms. The van der Waals surface area contributed by atoms with Crippen LogP contribution in [0.25, 0.3) is 0 Å². The van der Waals surface area contributed by atoms with Gasteiger partial charge in [0.1, 0.15) is 17.4 Å². The molecule has 0 aliphatic rings. The summed E-state index contributed by atoms with van der Waals surface area (Å²) in [6.45, 7) is 3.34. The topological polar surface area (TPSA) is 77.8 Å². The van der Waals surface area contributed by atoms with Crippen molar-refractivity contribution in [2.75, 3.05) is 0 Å². The molecule has 0 spiro atoms. The zero-order valence-corrected chi connectivity index (χ0v) is 7.34. The Balaban J connectivity index is 3.26. The van der Waals surface area contributed by atoms with Crippen molar-refractivity contribution in [1.82, 2.24) is 0 Å². The van der Waals surface area contributed by atoms with Gasteiger partial charge in [-0.3, -0.25) is 0 Å². The second kappa shape index (κ2) is 3.93. The fourth-order valence-corrected chi connectivity index (χ4v) is 1.10. The number of aliphatic hydroxyl groups is 1. The largest absolute Gasteiger partial charge is 0.507 e. The molecule has 4 heteroatoms. The lowest BCUT2D eigenvalue weighted by Gasteiger charge is -2.09. The summed E-state index contributed by atoms with van der Waals surface area (Å²) < 4.78 is 0. The van der Waals surface area contributed by atoms with Crippen molar-refractivity contribution in [3.8, 4) is 5.75 Å². The number of hydrogen-bond donors (Lipinski definition) is 3. The zero-order valence-electron chi connectivity index (χ0n) is 7.34. The molecule has 0 heterocycles. The van der Waals surface area contributed by atoms with E-state index >= 15 is 0 Å². The Morgan fingerprint density at radius 2 is 2.14 bits per heavy atom. The van der Waals surface area contributed by atoms with E-state index in [1.165, 1.54) is 24.3 Å². The van der Waals surface area contributed by atoms with Gasteiger partial charge in [0, 0.05) is 5.56 Å². The van der Waals surface area contributed by atoms with Crippen LogP contribution in [0.4, 0.5) is 0 Å². The number of carboxylic acids is 1. The Bertz CT molecular complexity index is 370. The van der Waals surface area contributed by atoms with E-state index < -0.39 is 17.8 Å². The van der Waals surface area contributed by atoms with E-state index in [2.05, 4.69) is 6.58 Å². The minimum absolute atomic E-state index is 0.139. The van der Waals surface area contributed by atoms with E-state index in [-0.39, 0.29) is 11.1 Å². The summed E-state index contributed by atoms with van der Waals surface area (Å²) >= 11 is 0. The third kappa shape index (κ3) is 1.75. The van der Waals surface area contributed by atoms with Gasteiger partial charge in [0.05, 0.1) is 0 Å². The van der Waals surface area contributed by atoms with Crippen LogP contribution in [0.3, 0.4) is 0 Å². The first-order chi connectivity index (χ1) is 6.57. The van der Waals surface area contributed by atoms with E-state index in [9.17, 15) is 15.0 Å². The highest BCUT2D eigenvalue weighted by atomic mass is 16.4. The number of aliphatic hydroxyl groups excluding tert-OH is 1. The summed E-state index contributed by atoms with van der Waals surface area (Å²) in [5.41, 5.74) is -0.0942. The Kier molecular flexibility index (Phi) is 2.89. The molecule has 0 aliphatic heterocycles. The maximum Gasteiger partial charge on any atom is 0.339 e. The van der Waals surface area contributed by atoms with Gasteiger partial charge < -0.3 is 15.3 Å². The van der Waals surface area contributed by atoms with Crippen LogP contribution in [0.5, 0.6) is 5.75 Å². The zero-order chi connectivity index (χ0) is 10.7. The van der Waals surface area contributed by atoms with Gasteiger partial charge in [-0.2, -0.15) is 0 Å². The van der Waals surface area contributed by atoms with Crippen molar-refractivity contribution in [2.45, 2.75) is 6.10 Å². The second-order valence-electron chi connectivity index (χ2n) is 2.73. The van der Waals surface area contributed by atoms with Crippen LogP contribution in [-0.4, -0.2) is 21.3 Å². The van der Waals surface area contributed by atoms with Gasteiger partial charge in [0.2, 0.25) is 0 Å². The number of rotatable bonds is 3. The molecule has 0 fully saturated rings. The number of benzene rings is 1. The van der Waals surface area contributed by atoms with Crippen LogP contribution < -0.4 is 0 Å². The van der Waals surface area contributed by atoms with E-state index in [1.54, 1.807) is 0 Å². The molecule has 1 unspecified atom stereocenters. The number of aromatic hydroxyl groups is 1. The van der Waals surface area contributed by atoms with Crippen molar-refractivity contribution < 1.29 is 20.1 Å². The molecule has 1 atom stereocenters. The highest BCUT2D eigenvalue weighted by Gasteiger charge is 2.15. The maximum absolute atomic E-state index is 10.6. The monoisotopic (exact) mass is 194 g/mol. The molecular formula is C10H10O4. The molecule has 0 aromatic heterocycles. The molecule has 0 radical (unpaired) electrons. The third-order valence-electron chi connectivity index (χ3n) is 1.84. The Labute approximate surface area is 80.7 Å². The standard InChI is InChI=1S/C10H10O4/c1-2-8(11)6-4-3-5-7(9(6)12)10(13)14/h2-5,8,11-12H,1H2,(H,13,14). The number of aromatic carboxylic acids is 1.